The lowest BCUT2D eigenvalue weighted by Crippen LogP contribution is -2.09. The molecule has 2 aromatic rings. The molecule has 0 spiro atoms. The molecule has 0 aromatic heterocycles. The number of hydrogen-bond acceptors (Lipinski definition) is 5. The molecule has 0 heterocycles. The van der Waals surface area contributed by atoms with Gasteiger partial charge in [0.05, 0.1) is 10.5 Å². The molecule has 120 valence electrons. The summed E-state index contributed by atoms with van der Waals surface area (Å²) in [7, 11) is 0. The Morgan fingerprint density at radius 2 is 1.74 bits per heavy atom. The van der Waals surface area contributed by atoms with Crippen LogP contribution in [-0.2, 0) is 0 Å². The number of halogens is 2. The molecule has 0 amide bonds. The third-order valence-corrected chi connectivity index (χ3v) is 2.89. The smallest absolute Gasteiger partial charge is 0.387 e. The number of esters is 1. The summed E-state index contributed by atoms with van der Waals surface area (Å²) in [5.41, 5.74) is 0.391. The highest BCUT2D eigenvalue weighted by Crippen LogP contribution is 2.24. The number of benzene rings is 2. The van der Waals surface area contributed by atoms with Crippen LogP contribution in [0.4, 0.5) is 14.5 Å². The van der Waals surface area contributed by atoms with Gasteiger partial charge in [0.15, 0.2) is 0 Å². The molecule has 6 nitrogen and oxygen atoms in total. The van der Waals surface area contributed by atoms with Gasteiger partial charge in [0.2, 0.25) is 0 Å². The molecule has 23 heavy (non-hydrogen) atoms. The molecule has 0 unspecified atom stereocenters. The fourth-order valence-electron chi connectivity index (χ4n) is 1.83. The van der Waals surface area contributed by atoms with E-state index < -0.39 is 17.5 Å². The zero-order valence-corrected chi connectivity index (χ0v) is 11.9. The summed E-state index contributed by atoms with van der Waals surface area (Å²) in [5, 5.41) is 10.7. The predicted molar refractivity (Wildman–Crippen MR) is 75.9 cm³/mol. The van der Waals surface area contributed by atoms with Gasteiger partial charge in [-0.05, 0) is 43.3 Å². The Hall–Kier alpha value is -3.03. The van der Waals surface area contributed by atoms with Crippen molar-refractivity contribution >= 4 is 11.7 Å². The summed E-state index contributed by atoms with van der Waals surface area (Å²) in [6.45, 7) is -1.43. The van der Waals surface area contributed by atoms with Gasteiger partial charge in [0.25, 0.3) is 5.69 Å². The highest BCUT2D eigenvalue weighted by Gasteiger charge is 2.14. The van der Waals surface area contributed by atoms with Crippen LogP contribution < -0.4 is 9.47 Å². The lowest BCUT2D eigenvalue weighted by Gasteiger charge is -2.07. The molecule has 0 saturated heterocycles. The summed E-state index contributed by atoms with van der Waals surface area (Å²) in [4.78, 5) is 22.1. The normalized spacial score (nSPS) is 10.4. The summed E-state index contributed by atoms with van der Waals surface area (Å²) in [6.07, 6.45) is 0. The van der Waals surface area contributed by atoms with E-state index >= 15 is 0 Å². The first-order valence-electron chi connectivity index (χ1n) is 6.39. The summed E-state index contributed by atoms with van der Waals surface area (Å²) < 4.78 is 33.3. The number of carbonyl (C=O) groups excluding carboxylic acids is 1. The molecule has 0 saturated carbocycles. The average Bonchev–Trinajstić information content (AvgIpc) is 2.47. The van der Waals surface area contributed by atoms with Gasteiger partial charge in [-0.15, -0.1) is 0 Å². The molecule has 2 aromatic carbocycles. The first-order valence-corrected chi connectivity index (χ1v) is 6.39. The van der Waals surface area contributed by atoms with Crippen molar-refractivity contribution in [3.8, 4) is 11.5 Å². The van der Waals surface area contributed by atoms with Crippen LogP contribution in [0.5, 0.6) is 11.5 Å². The van der Waals surface area contributed by atoms with Crippen molar-refractivity contribution in [2.45, 2.75) is 13.5 Å². The summed E-state index contributed by atoms with van der Waals surface area (Å²) in [6, 6.07) is 8.88. The minimum absolute atomic E-state index is 0.0808. The van der Waals surface area contributed by atoms with E-state index in [0.717, 1.165) is 0 Å². The average molecular weight is 323 g/mol. The Labute approximate surface area is 129 Å². The van der Waals surface area contributed by atoms with E-state index in [4.69, 9.17) is 4.74 Å². The van der Waals surface area contributed by atoms with E-state index in [9.17, 15) is 23.7 Å². The molecule has 0 fully saturated rings. The van der Waals surface area contributed by atoms with Crippen molar-refractivity contribution in [1.82, 2.24) is 0 Å². The van der Waals surface area contributed by atoms with E-state index in [1.165, 1.54) is 49.4 Å². The van der Waals surface area contributed by atoms with E-state index in [-0.39, 0.29) is 22.7 Å². The first kappa shape index (κ1) is 16.3. The number of alkyl halides is 2. The van der Waals surface area contributed by atoms with Crippen LogP contribution in [0.3, 0.4) is 0 Å². The number of nitro benzene ring substituents is 1. The van der Waals surface area contributed by atoms with Crippen LogP contribution in [0, 0.1) is 17.0 Å². The van der Waals surface area contributed by atoms with Gasteiger partial charge in [-0.2, -0.15) is 8.78 Å². The second-order valence-corrected chi connectivity index (χ2v) is 4.50. The van der Waals surface area contributed by atoms with Crippen molar-refractivity contribution in [2.75, 3.05) is 0 Å². The predicted octanol–water partition coefficient (Wildman–Crippen LogP) is 3.72. The monoisotopic (exact) mass is 323 g/mol. The van der Waals surface area contributed by atoms with Crippen LogP contribution in [0.25, 0.3) is 0 Å². The van der Waals surface area contributed by atoms with Crippen LogP contribution in [0.1, 0.15) is 15.9 Å². The second kappa shape index (κ2) is 6.82. The maximum atomic E-state index is 12.0. The maximum Gasteiger partial charge on any atom is 0.387 e. The van der Waals surface area contributed by atoms with Crippen molar-refractivity contribution in [3.63, 3.8) is 0 Å². The van der Waals surface area contributed by atoms with Crippen LogP contribution in [-0.4, -0.2) is 17.5 Å². The van der Waals surface area contributed by atoms with E-state index in [1.54, 1.807) is 0 Å². The zero-order valence-electron chi connectivity index (χ0n) is 11.9. The van der Waals surface area contributed by atoms with Crippen molar-refractivity contribution in [1.29, 1.82) is 0 Å². The Morgan fingerprint density at radius 1 is 1.13 bits per heavy atom. The number of nitro groups is 1. The van der Waals surface area contributed by atoms with Crippen LogP contribution in [0.15, 0.2) is 42.5 Å². The summed E-state index contributed by atoms with van der Waals surface area (Å²) >= 11 is 0. The molecule has 0 aliphatic carbocycles. The Kier molecular flexibility index (Phi) is 4.85. The van der Waals surface area contributed by atoms with Crippen molar-refractivity contribution < 1.29 is 28.0 Å². The maximum absolute atomic E-state index is 12.0. The van der Waals surface area contributed by atoms with Gasteiger partial charge in [-0.25, -0.2) is 4.79 Å². The first-order chi connectivity index (χ1) is 10.9. The molecule has 0 aliphatic heterocycles. The molecule has 8 heteroatoms. The topological polar surface area (TPSA) is 78.7 Å². The van der Waals surface area contributed by atoms with Gasteiger partial charge >= 0.3 is 12.6 Å². The lowest BCUT2D eigenvalue weighted by atomic mass is 10.2. The minimum atomic E-state index is -2.95. The Bertz CT molecular complexity index is 731. The molecule has 2 rings (SSSR count). The van der Waals surface area contributed by atoms with Crippen molar-refractivity contribution in [2.24, 2.45) is 0 Å². The molecule has 0 bridgehead atoms. The Morgan fingerprint density at radius 3 is 2.26 bits per heavy atom. The van der Waals surface area contributed by atoms with E-state index in [0.29, 0.717) is 5.56 Å². The highest BCUT2D eigenvalue weighted by atomic mass is 19.3. The zero-order chi connectivity index (χ0) is 17.0. The Balaban J connectivity index is 2.09. The fourth-order valence-corrected chi connectivity index (χ4v) is 1.83. The van der Waals surface area contributed by atoms with Gasteiger partial charge in [0, 0.05) is 11.6 Å². The lowest BCUT2D eigenvalue weighted by molar-refractivity contribution is -0.385. The largest absolute Gasteiger partial charge is 0.435 e. The number of ether oxygens (including phenoxy) is 2. The highest BCUT2D eigenvalue weighted by molar-refractivity contribution is 5.91. The molecule has 0 aliphatic rings. The molecule has 0 atom stereocenters. The number of carbonyl (C=O) groups is 1. The van der Waals surface area contributed by atoms with Gasteiger partial charge in [0.1, 0.15) is 11.5 Å². The third-order valence-electron chi connectivity index (χ3n) is 2.89. The molecular formula is C15H11F2NO5. The fraction of sp³-hybridized carbons (Fsp3) is 0.133. The van der Waals surface area contributed by atoms with E-state index in [1.807, 2.05) is 0 Å². The van der Waals surface area contributed by atoms with Gasteiger partial charge in [-0.1, -0.05) is 0 Å². The SMILES string of the molecule is Cc1cc(OC(=O)c2ccc(OC(F)F)cc2)ccc1[N+](=O)[O-]. The van der Waals surface area contributed by atoms with Gasteiger partial charge < -0.3 is 9.47 Å². The second-order valence-electron chi connectivity index (χ2n) is 4.50. The molecular weight excluding hydrogens is 312 g/mol. The number of aryl methyl sites for hydroxylation is 1. The number of hydrogen-bond donors (Lipinski definition) is 0. The van der Waals surface area contributed by atoms with E-state index in [2.05, 4.69) is 4.74 Å². The van der Waals surface area contributed by atoms with Gasteiger partial charge in [-0.3, -0.25) is 10.1 Å². The number of nitrogens with zero attached hydrogens (tertiary/aromatic N) is 1. The standard InChI is InChI=1S/C15H11F2NO5/c1-9-8-12(6-7-13(9)18(20)21)22-14(19)10-2-4-11(5-3-10)23-15(16)17/h2-8,15H,1H3. The summed E-state index contributed by atoms with van der Waals surface area (Å²) in [5.74, 6) is -0.657. The minimum Gasteiger partial charge on any atom is -0.435 e. The van der Waals surface area contributed by atoms with Crippen LogP contribution in [0.2, 0.25) is 0 Å². The molecule has 0 N–H and O–H groups in total. The quantitative estimate of drug-likeness (QED) is 0.362. The van der Waals surface area contributed by atoms with Crippen LogP contribution >= 0.6 is 0 Å². The molecule has 0 radical (unpaired) electrons. The third kappa shape index (κ3) is 4.22. The number of rotatable bonds is 5. The van der Waals surface area contributed by atoms with Crippen molar-refractivity contribution in [3.05, 3.63) is 63.7 Å².